The van der Waals surface area contributed by atoms with Crippen LogP contribution >= 0.6 is 0 Å². The molecule has 0 fully saturated rings. The summed E-state index contributed by atoms with van der Waals surface area (Å²) < 4.78 is 4.99. The van der Waals surface area contributed by atoms with Crippen molar-refractivity contribution in [1.82, 2.24) is 10.5 Å². The average Bonchev–Trinajstić information content (AvgIpc) is 2.64. The average molecular weight is 182 g/mol. The first kappa shape index (κ1) is 10.3. The van der Waals surface area contributed by atoms with Gasteiger partial charge in [-0.25, -0.2) is 0 Å². The van der Waals surface area contributed by atoms with Gasteiger partial charge in [0.2, 0.25) is 0 Å². The summed E-state index contributed by atoms with van der Waals surface area (Å²) in [5.74, 6) is 0.912. The van der Waals surface area contributed by atoms with Crippen molar-refractivity contribution < 1.29 is 4.52 Å². The van der Waals surface area contributed by atoms with Crippen LogP contribution in [0.25, 0.3) is 0 Å². The van der Waals surface area contributed by atoms with Gasteiger partial charge in [0.1, 0.15) is 5.76 Å². The highest BCUT2D eigenvalue weighted by atomic mass is 16.5. The van der Waals surface area contributed by atoms with E-state index in [2.05, 4.69) is 24.3 Å². The topological polar surface area (TPSA) is 38.1 Å². The molecule has 1 unspecified atom stereocenters. The molecule has 0 aliphatic rings. The van der Waals surface area contributed by atoms with E-state index in [1.807, 2.05) is 6.07 Å². The summed E-state index contributed by atoms with van der Waals surface area (Å²) in [4.78, 5) is 0. The van der Waals surface area contributed by atoms with Gasteiger partial charge in [-0.2, -0.15) is 0 Å². The van der Waals surface area contributed by atoms with Crippen molar-refractivity contribution in [2.45, 2.75) is 45.7 Å². The SMILES string of the molecule is CCCC(CC)NCc1ccno1. The number of hydrogen-bond donors (Lipinski definition) is 1. The smallest absolute Gasteiger partial charge is 0.150 e. The maximum absolute atomic E-state index is 4.99. The van der Waals surface area contributed by atoms with E-state index in [1.54, 1.807) is 6.20 Å². The second-order valence-corrected chi connectivity index (χ2v) is 3.25. The fourth-order valence-corrected chi connectivity index (χ4v) is 1.38. The molecule has 1 aromatic heterocycles. The summed E-state index contributed by atoms with van der Waals surface area (Å²) in [6.45, 7) is 5.20. The van der Waals surface area contributed by atoms with E-state index in [0.717, 1.165) is 12.3 Å². The molecule has 0 saturated heterocycles. The molecule has 1 heterocycles. The van der Waals surface area contributed by atoms with Crippen LogP contribution in [0, 0.1) is 0 Å². The fraction of sp³-hybridized carbons (Fsp3) is 0.700. The minimum absolute atomic E-state index is 0.607. The second-order valence-electron chi connectivity index (χ2n) is 3.25. The van der Waals surface area contributed by atoms with E-state index in [1.165, 1.54) is 19.3 Å². The molecule has 1 rings (SSSR count). The largest absolute Gasteiger partial charge is 0.360 e. The van der Waals surface area contributed by atoms with Gasteiger partial charge in [0.25, 0.3) is 0 Å². The molecule has 0 aliphatic heterocycles. The lowest BCUT2D eigenvalue weighted by Gasteiger charge is -2.14. The van der Waals surface area contributed by atoms with E-state index in [0.29, 0.717) is 6.04 Å². The molecule has 0 bridgehead atoms. The molecule has 13 heavy (non-hydrogen) atoms. The molecule has 3 nitrogen and oxygen atoms in total. The zero-order valence-electron chi connectivity index (χ0n) is 8.42. The van der Waals surface area contributed by atoms with Crippen LogP contribution in [0.4, 0.5) is 0 Å². The molecule has 0 amide bonds. The normalized spacial score (nSPS) is 13.1. The molecule has 74 valence electrons. The summed E-state index contributed by atoms with van der Waals surface area (Å²) >= 11 is 0. The van der Waals surface area contributed by atoms with Gasteiger partial charge in [0.15, 0.2) is 0 Å². The lowest BCUT2D eigenvalue weighted by atomic mass is 10.1. The minimum atomic E-state index is 0.607. The molecular formula is C10H18N2O. The first-order valence-corrected chi connectivity index (χ1v) is 4.99. The van der Waals surface area contributed by atoms with Crippen LogP contribution in [0.15, 0.2) is 16.8 Å². The fourth-order valence-electron chi connectivity index (χ4n) is 1.38. The van der Waals surface area contributed by atoms with Gasteiger partial charge in [-0.1, -0.05) is 25.4 Å². The van der Waals surface area contributed by atoms with Gasteiger partial charge in [0, 0.05) is 12.1 Å². The third kappa shape index (κ3) is 3.59. The van der Waals surface area contributed by atoms with E-state index >= 15 is 0 Å². The monoisotopic (exact) mass is 182 g/mol. The number of nitrogens with one attached hydrogen (secondary N) is 1. The zero-order valence-corrected chi connectivity index (χ0v) is 8.42. The Bertz CT molecular complexity index is 209. The lowest BCUT2D eigenvalue weighted by Crippen LogP contribution is -2.27. The summed E-state index contributed by atoms with van der Waals surface area (Å²) in [5, 5.41) is 7.10. The van der Waals surface area contributed by atoms with E-state index < -0.39 is 0 Å². The molecule has 1 aromatic rings. The van der Waals surface area contributed by atoms with Crippen LogP contribution in [0.5, 0.6) is 0 Å². The van der Waals surface area contributed by atoms with E-state index in [9.17, 15) is 0 Å². The Morgan fingerprint density at radius 2 is 2.38 bits per heavy atom. The number of aromatic nitrogens is 1. The van der Waals surface area contributed by atoms with Crippen molar-refractivity contribution in [2.75, 3.05) is 0 Å². The first-order valence-electron chi connectivity index (χ1n) is 4.99. The van der Waals surface area contributed by atoms with Gasteiger partial charge >= 0.3 is 0 Å². The molecule has 0 spiro atoms. The second kappa shape index (κ2) is 5.75. The van der Waals surface area contributed by atoms with E-state index in [4.69, 9.17) is 4.52 Å². The van der Waals surface area contributed by atoms with Crippen molar-refractivity contribution in [2.24, 2.45) is 0 Å². The Balaban J connectivity index is 2.23. The van der Waals surface area contributed by atoms with Gasteiger partial charge in [-0.15, -0.1) is 0 Å². The summed E-state index contributed by atoms with van der Waals surface area (Å²) in [7, 11) is 0. The van der Waals surface area contributed by atoms with Crippen LogP contribution in [0.3, 0.4) is 0 Å². The molecule has 0 radical (unpaired) electrons. The Hall–Kier alpha value is -0.830. The standard InChI is InChI=1S/C10H18N2O/c1-3-5-9(4-2)11-8-10-6-7-12-13-10/h6-7,9,11H,3-5,8H2,1-2H3. The zero-order chi connectivity index (χ0) is 9.52. The van der Waals surface area contributed by atoms with Crippen molar-refractivity contribution in [3.63, 3.8) is 0 Å². The number of hydrogen-bond acceptors (Lipinski definition) is 3. The Kier molecular flexibility index (Phi) is 4.54. The van der Waals surface area contributed by atoms with E-state index in [-0.39, 0.29) is 0 Å². The Labute approximate surface area is 79.5 Å². The quantitative estimate of drug-likeness (QED) is 0.733. The maximum Gasteiger partial charge on any atom is 0.150 e. The molecule has 1 atom stereocenters. The van der Waals surface area contributed by atoms with Crippen LogP contribution in [0.1, 0.15) is 38.9 Å². The molecule has 0 saturated carbocycles. The molecule has 0 aliphatic carbocycles. The van der Waals surface area contributed by atoms with Crippen LogP contribution < -0.4 is 5.32 Å². The van der Waals surface area contributed by atoms with Gasteiger partial charge in [-0.3, -0.25) is 0 Å². The summed E-state index contributed by atoms with van der Waals surface area (Å²) in [6.07, 6.45) is 5.30. The number of nitrogens with zero attached hydrogens (tertiary/aromatic N) is 1. The van der Waals surface area contributed by atoms with Gasteiger partial charge in [0.05, 0.1) is 12.7 Å². The van der Waals surface area contributed by atoms with Gasteiger partial charge < -0.3 is 9.84 Å². The van der Waals surface area contributed by atoms with Crippen LogP contribution in [0.2, 0.25) is 0 Å². The van der Waals surface area contributed by atoms with Crippen molar-refractivity contribution >= 4 is 0 Å². The molecule has 3 heteroatoms. The highest BCUT2D eigenvalue weighted by Gasteiger charge is 2.04. The molecule has 1 N–H and O–H groups in total. The predicted octanol–water partition coefficient (Wildman–Crippen LogP) is 2.34. The summed E-state index contributed by atoms with van der Waals surface area (Å²) in [6, 6.07) is 2.50. The maximum atomic E-state index is 4.99. The lowest BCUT2D eigenvalue weighted by molar-refractivity contribution is 0.355. The predicted molar refractivity (Wildman–Crippen MR) is 52.3 cm³/mol. The van der Waals surface area contributed by atoms with Gasteiger partial charge in [-0.05, 0) is 12.8 Å². The third-order valence-corrected chi connectivity index (χ3v) is 2.19. The van der Waals surface area contributed by atoms with Crippen LogP contribution in [-0.4, -0.2) is 11.2 Å². The van der Waals surface area contributed by atoms with Crippen molar-refractivity contribution in [3.05, 3.63) is 18.0 Å². The Morgan fingerprint density at radius 3 is 2.92 bits per heavy atom. The van der Waals surface area contributed by atoms with Crippen LogP contribution in [-0.2, 0) is 6.54 Å². The third-order valence-electron chi connectivity index (χ3n) is 2.19. The minimum Gasteiger partial charge on any atom is -0.360 e. The number of rotatable bonds is 6. The highest BCUT2D eigenvalue weighted by molar-refractivity contribution is 4.92. The summed E-state index contributed by atoms with van der Waals surface area (Å²) in [5.41, 5.74) is 0. The Morgan fingerprint density at radius 1 is 1.54 bits per heavy atom. The molecule has 0 aromatic carbocycles. The highest BCUT2D eigenvalue weighted by Crippen LogP contribution is 2.03. The first-order chi connectivity index (χ1) is 6.36. The van der Waals surface area contributed by atoms with Crippen molar-refractivity contribution in [3.8, 4) is 0 Å². The molecular weight excluding hydrogens is 164 g/mol. The van der Waals surface area contributed by atoms with Crippen molar-refractivity contribution in [1.29, 1.82) is 0 Å².